The summed E-state index contributed by atoms with van der Waals surface area (Å²) in [5.41, 5.74) is 3.20. The van der Waals surface area contributed by atoms with Gasteiger partial charge in [0.1, 0.15) is 0 Å². The van der Waals surface area contributed by atoms with Gasteiger partial charge in [0, 0.05) is 56.6 Å². The Labute approximate surface area is 174 Å². The molecule has 0 N–H and O–H groups in total. The van der Waals surface area contributed by atoms with Gasteiger partial charge in [-0.15, -0.1) is 0 Å². The van der Waals surface area contributed by atoms with Gasteiger partial charge in [0.2, 0.25) is 5.95 Å². The summed E-state index contributed by atoms with van der Waals surface area (Å²) in [6.07, 6.45) is 11.0. The van der Waals surface area contributed by atoms with Crippen LogP contribution in [0.2, 0.25) is 0 Å². The lowest BCUT2D eigenvalue weighted by Gasteiger charge is -2.38. The van der Waals surface area contributed by atoms with E-state index in [1.54, 1.807) is 0 Å². The molecular formula is C24H32N4O. The molecule has 29 heavy (non-hydrogen) atoms. The van der Waals surface area contributed by atoms with Crippen molar-refractivity contribution in [2.24, 2.45) is 5.41 Å². The van der Waals surface area contributed by atoms with Gasteiger partial charge in [-0.1, -0.05) is 49.6 Å². The van der Waals surface area contributed by atoms with Crippen LogP contribution in [0, 0.1) is 5.41 Å². The summed E-state index contributed by atoms with van der Waals surface area (Å²) < 4.78 is 5.43. The third kappa shape index (κ3) is 4.03. The van der Waals surface area contributed by atoms with E-state index in [0.29, 0.717) is 11.3 Å². The molecule has 2 aromatic rings. The summed E-state index contributed by atoms with van der Waals surface area (Å²) in [6.45, 7) is 6.60. The lowest BCUT2D eigenvalue weighted by atomic mass is 9.66. The Kier molecular flexibility index (Phi) is 5.51. The van der Waals surface area contributed by atoms with E-state index in [1.165, 1.54) is 49.8 Å². The Morgan fingerprint density at radius 3 is 2.41 bits per heavy atom. The highest BCUT2D eigenvalue weighted by atomic mass is 16.5. The zero-order chi connectivity index (χ0) is 19.5. The van der Waals surface area contributed by atoms with Crippen LogP contribution in [-0.2, 0) is 11.3 Å². The van der Waals surface area contributed by atoms with Gasteiger partial charge in [-0.25, -0.2) is 9.97 Å². The molecule has 1 spiro atoms. The Morgan fingerprint density at radius 1 is 0.966 bits per heavy atom. The number of anilines is 1. The maximum absolute atomic E-state index is 5.43. The van der Waals surface area contributed by atoms with Gasteiger partial charge in [-0.3, -0.25) is 4.90 Å². The number of likely N-dealkylation sites (tertiary alicyclic amines) is 1. The molecule has 3 aliphatic rings. The molecule has 1 aromatic heterocycles. The average molecular weight is 393 g/mol. The lowest BCUT2D eigenvalue weighted by Crippen LogP contribution is -2.37. The molecule has 1 aromatic carbocycles. The van der Waals surface area contributed by atoms with Gasteiger partial charge in [0.05, 0.1) is 13.2 Å². The number of ether oxygens (including phenoxy) is 1. The topological polar surface area (TPSA) is 41.5 Å². The minimum atomic E-state index is 0.453. The fraction of sp³-hybridized carbons (Fsp3) is 0.583. The van der Waals surface area contributed by atoms with Crippen molar-refractivity contribution >= 4 is 5.95 Å². The van der Waals surface area contributed by atoms with E-state index in [9.17, 15) is 0 Å². The number of hydrogen-bond donors (Lipinski definition) is 0. The molecule has 3 heterocycles. The van der Waals surface area contributed by atoms with Crippen molar-refractivity contribution in [2.45, 2.75) is 44.6 Å². The fourth-order valence-electron chi connectivity index (χ4n) is 5.71. The van der Waals surface area contributed by atoms with E-state index in [2.05, 4.69) is 50.1 Å². The predicted octanol–water partition coefficient (Wildman–Crippen LogP) is 3.86. The van der Waals surface area contributed by atoms with Crippen LogP contribution in [0.4, 0.5) is 5.95 Å². The molecule has 0 radical (unpaired) electrons. The van der Waals surface area contributed by atoms with Gasteiger partial charge >= 0.3 is 0 Å². The van der Waals surface area contributed by atoms with E-state index in [1.807, 2.05) is 12.4 Å². The monoisotopic (exact) mass is 392 g/mol. The Hall–Kier alpha value is -1.98. The molecule has 3 fully saturated rings. The number of nitrogens with zero attached hydrogens (tertiary/aromatic N) is 4. The summed E-state index contributed by atoms with van der Waals surface area (Å²) in [4.78, 5) is 14.2. The number of rotatable bonds is 4. The minimum absolute atomic E-state index is 0.453. The SMILES string of the molecule is c1ccc([C@H]2CN(Cc3cnc(N4CCOCC4)nc3)CC23CCCCC3)cc1. The van der Waals surface area contributed by atoms with Crippen LogP contribution >= 0.6 is 0 Å². The maximum atomic E-state index is 5.43. The zero-order valence-corrected chi connectivity index (χ0v) is 17.3. The smallest absolute Gasteiger partial charge is 0.225 e. The van der Waals surface area contributed by atoms with E-state index >= 15 is 0 Å². The second-order valence-electron chi connectivity index (χ2n) is 9.05. The van der Waals surface area contributed by atoms with Crippen LogP contribution in [0.25, 0.3) is 0 Å². The molecule has 1 atom stereocenters. The van der Waals surface area contributed by atoms with Gasteiger partial charge in [0.25, 0.3) is 0 Å². The highest BCUT2D eigenvalue weighted by molar-refractivity contribution is 5.30. The molecule has 5 rings (SSSR count). The van der Waals surface area contributed by atoms with Crippen LogP contribution in [-0.4, -0.2) is 54.3 Å². The van der Waals surface area contributed by atoms with Crippen molar-refractivity contribution in [3.8, 4) is 0 Å². The first kappa shape index (κ1) is 19.0. The van der Waals surface area contributed by atoms with Gasteiger partial charge < -0.3 is 9.64 Å². The second kappa shape index (κ2) is 8.41. The fourth-order valence-corrected chi connectivity index (χ4v) is 5.71. The first-order valence-corrected chi connectivity index (χ1v) is 11.2. The molecule has 0 amide bonds. The molecule has 0 unspecified atom stereocenters. The van der Waals surface area contributed by atoms with Crippen molar-refractivity contribution in [3.63, 3.8) is 0 Å². The standard InChI is InChI=1S/C24H32N4O/c1-3-7-21(8-4-1)22-18-27(19-24(22)9-5-2-6-10-24)17-20-15-25-23(26-16-20)28-11-13-29-14-12-28/h1,3-4,7-8,15-16,22H,2,5-6,9-14,17-19H2/t22-/m1/s1. The third-order valence-electron chi connectivity index (χ3n) is 7.16. The van der Waals surface area contributed by atoms with Gasteiger partial charge in [0.15, 0.2) is 0 Å². The van der Waals surface area contributed by atoms with Crippen LogP contribution in [0.3, 0.4) is 0 Å². The zero-order valence-electron chi connectivity index (χ0n) is 17.3. The predicted molar refractivity (Wildman–Crippen MR) is 115 cm³/mol. The summed E-state index contributed by atoms with van der Waals surface area (Å²) in [5, 5.41) is 0. The summed E-state index contributed by atoms with van der Waals surface area (Å²) in [7, 11) is 0. The molecule has 1 saturated carbocycles. The average Bonchev–Trinajstić information content (AvgIpc) is 3.13. The first-order chi connectivity index (χ1) is 14.3. The van der Waals surface area contributed by atoms with E-state index in [0.717, 1.165) is 45.3 Å². The third-order valence-corrected chi connectivity index (χ3v) is 7.16. The highest BCUT2D eigenvalue weighted by Gasteiger charge is 2.47. The Balaban J connectivity index is 1.30. The molecule has 154 valence electrons. The van der Waals surface area contributed by atoms with Crippen molar-refractivity contribution in [3.05, 3.63) is 53.9 Å². The largest absolute Gasteiger partial charge is 0.378 e. The van der Waals surface area contributed by atoms with Crippen molar-refractivity contribution < 1.29 is 4.74 Å². The molecule has 5 heteroatoms. The van der Waals surface area contributed by atoms with Crippen LogP contribution in [0.1, 0.15) is 49.1 Å². The summed E-state index contributed by atoms with van der Waals surface area (Å²) >= 11 is 0. The van der Waals surface area contributed by atoms with Gasteiger partial charge in [-0.05, 0) is 23.8 Å². The maximum Gasteiger partial charge on any atom is 0.225 e. The van der Waals surface area contributed by atoms with Crippen molar-refractivity contribution in [2.75, 3.05) is 44.3 Å². The van der Waals surface area contributed by atoms with E-state index in [-0.39, 0.29) is 0 Å². The number of benzene rings is 1. The number of aromatic nitrogens is 2. The van der Waals surface area contributed by atoms with Crippen molar-refractivity contribution in [1.29, 1.82) is 0 Å². The molecular weight excluding hydrogens is 360 g/mol. The van der Waals surface area contributed by atoms with E-state index in [4.69, 9.17) is 4.74 Å². The molecule has 2 saturated heterocycles. The van der Waals surface area contributed by atoms with Crippen LogP contribution in [0.15, 0.2) is 42.7 Å². The Morgan fingerprint density at radius 2 is 1.69 bits per heavy atom. The van der Waals surface area contributed by atoms with Crippen LogP contribution in [0.5, 0.6) is 0 Å². The molecule has 1 aliphatic carbocycles. The lowest BCUT2D eigenvalue weighted by molar-refractivity contribution is 0.122. The van der Waals surface area contributed by atoms with Gasteiger partial charge in [-0.2, -0.15) is 0 Å². The summed E-state index contributed by atoms with van der Waals surface area (Å²) in [6, 6.07) is 11.2. The van der Waals surface area contributed by atoms with E-state index < -0.39 is 0 Å². The quantitative estimate of drug-likeness (QED) is 0.790. The number of morpholine rings is 1. The normalized spacial score (nSPS) is 24.8. The molecule has 0 bridgehead atoms. The minimum Gasteiger partial charge on any atom is -0.378 e. The van der Waals surface area contributed by atoms with Crippen LogP contribution < -0.4 is 4.90 Å². The molecule has 2 aliphatic heterocycles. The highest BCUT2D eigenvalue weighted by Crippen LogP contribution is 2.52. The summed E-state index contributed by atoms with van der Waals surface area (Å²) in [5.74, 6) is 1.49. The Bertz CT molecular complexity index is 782. The van der Waals surface area contributed by atoms with Crippen molar-refractivity contribution in [1.82, 2.24) is 14.9 Å². The molecule has 5 nitrogen and oxygen atoms in total. The number of hydrogen-bond acceptors (Lipinski definition) is 5. The second-order valence-corrected chi connectivity index (χ2v) is 9.05. The first-order valence-electron chi connectivity index (χ1n) is 11.2.